The van der Waals surface area contributed by atoms with Gasteiger partial charge in [0, 0.05) is 17.3 Å². The van der Waals surface area contributed by atoms with Gasteiger partial charge in [0.2, 0.25) is 5.91 Å². The normalized spacial score (nSPS) is 11.5. The average molecular weight is 300 g/mol. The van der Waals surface area contributed by atoms with Crippen molar-refractivity contribution in [2.45, 2.75) is 26.3 Å². The van der Waals surface area contributed by atoms with Crippen molar-refractivity contribution in [3.05, 3.63) is 29.8 Å². The molecule has 0 unspecified atom stereocenters. The van der Waals surface area contributed by atoms with Crippen LogP contribution in [0.3, 0.4) is 0 Å². The maximum absolute atomic E-state index is 13.0. The standard InChI is InChI=1S/C14H18F2N2O3/c1-14(2,3)18(8-13(20)21)7-12(19)17-11-5-9(15)4-10(16)6-11/h4-6H,7-8H2,1-3H3,(H,17,19)(H,20,21). The highest BCUT2D eigenvalue weighted by atomic mass is 19.1. The van der Waals surface area contributed by atoms with Gasteiger partial charge in [-0.05, 0) is 32.9 Å². The lowest BCUT2D eigenvalue weighted by Gasteiger charge is -2.33. The molecule has 0 spiro atoms. The molecular weight excluding hydrogens is 282 g/mol. The molecular formula is C14H18F2N2O3. The van der Waals surface area contributed by atoms with Crippen LogP contribution in [0.2, 0.25) is 0 Å². The molecule has 0 bridgehead atoms. The Morgan fingerprint density at radius 2 is 1.67 bits per heavy atom. The average Bonchev–Trinajstić information content (AvgIpc) is 2.24. The summed E-state index contributed by atoms with van der Waals surface area (Å²) in [6, 6.07) is 2.67. The van der Waals surface area contributed by atoms with Crippen LogP contribution in [0.25, 0.3) is 0 Å². The number of carbonyl (C=O) groups is 2. The van der Waals surface area contributed by atoms with Crippen LogP contribution in [0.15, 0.2) is 18.2 Å². The van der Waals surface area contributed by atoms with Crippen LogP contribution in [0.4, 0.5) is 14.5 Å². The van der Waals surface area contributed by atoms with Crippen molar-refractivity contribution in [3.63, 3.8) is 0 Å². The highest BCUT2D eigenvalue weighted by Crippen LogP contribution is 2.15. The van der Waals surface area contributed by atoms with Gasteiger partial charge in [0.05, 0.1) is 13.1 Å². The number of carboxylic acids is 1. The lowest BCUT2D eigenvalue weighted by Crippen LogP contribution is -2.48. The van der Waals surface area contributed by atoms with Crippen LogP contribution in [0.5, 0.6) is 0 Å². The lowest BCUT2D eigenvalue weighted by molar-refractivity contribution is -0.140. The molecule has 0 atom stereocenters. The predicted octanol–water partition coefficient (Wildman–Crippen LogP) is 2.09. The number of halogens is 2. The van der Waals surface area contributed by atoms with E-state index in [0.29, 0.717) is 6.07 Å². The number of aliphatic carboxylic acids is 1. The summed E-state index contributed by atoms with van der Waals surface area (Å²) >= 11 is 0. The van der Waals surface area contributed by atoms with Gasteiger partial charge in [-0.2, -0.15) is 0 Å². The van der Waals surface area contributed by atoms with Gasteiger partial charge in [-0.15, -0.1) is 0 Å². The third-order valence-corrected chi connectivity index (χ3v) is 2.76. The summed E-state index contributed by atoms with van der Waals surface area (Å²) in [5.74, 6) is -3.21. The number of nitrogens with one attached hydrogen (secondary N) is 1. The number of anilines is 1. The first kappa shape index (κ1) is 17.0. The van der Waals surface area contributed by atoms with E-state index in [2.05, 4.69) is 5.32 Å². The molecule has 1 aromatic rings. The SMILES string of the molecule is CC(C)(C)N(CC(=O)O)CC(=O)Nc1cc(F)cc(F)c1. The van der Waals surface area contributed by atoms with Crippen molar-refractivity contribution in [2.75, 3.05) is 18.4 Å². The Morgan fingerprint density at radius 3 is 2.10 bits per heavy atom. The first-order valence-electron chi connectivity index (χ1n) is 6.31. The zero-order valence-corrected chi connectivity index (χ0v) is 12.1. The summed E-state index contributed by atoms with van der Waals surface area (Å²) in [5, 5.41) is 11.2. The monoisotopic (exact) mass is 300 g/mol. The van der Waals surface area contributed by atoms with Crippen LogP contribution in [-0.4, -0.2) is 40.5 Å². The topological polar surface area (TPSA) is 69.6 Å². The van der Waals surface area contributed by atoms with Gasteiger partial charge < -0.3 is 10.4 Å². The Kier molecular flexibility index (Phi) is 5.37. The Bertz CT molecular complexity index is 521. The molecule has 0 aliphatic rings. The van der Waals surface area contributed by atoms with Gasteiger partial charge in [-0.3, -0.25) is 14.5 Å². The zero-order chi connectivity index (χ0) is 16.2. The summed E-state index contributed by atoms with van der Waals surface area (Å²) in [6.07, 6.45) is 0. The van der Waals surface area contributed by atoms with Crippen molar-refractivity contribution in [2.24, 2.45) is 0 Å². The molecule has 0 fully saturated rings. The summed E-state index contributed by atoms with van der Waals surface area (Å²) in [4.78, 5) is 24.1. The number of amides is 1. The molecule has 0 aliphatic carbocycles. The summed E-state index contributed by atoms with van der Waals surface area (Å²) in [6.45, 7) is 4.80. The Labute approximate surface area is 121 Å². The molecule has 0 aromatic heterocycles. The number of carboxylic acid groups (broad SMARTS) is 1. The first-order valence-corrected chi connectivity index (χ1v) is 6.31. The van der Waals surface area contributed by atoms with Crippen LogP contribution in [-0.2, 0) is 9.59 Å². The van der Waals surface area contributed by atoms with Gasteiger partial charge in [-0.25, -0.2) is 8.78 Å². The smallest absolute Gasteiger partial charge is 0.317 e. The molecule has 0 heterocycles. The fourth-order valence-electron chi connectivity index (χ4n) is 1.69. The van der Waals surface area contributed by atoms with E-state index < -0.39 is 29.0 Å². The molecule has 0 saturated heterocycles. The molecule has 1 amide bonds. The molecule has 0 radical (unpaired) electrons. The second-order valence-electron chi connectivity index (χ2n) is 5.63. The highest BCUT2D eigenvalue weighted by Gasteiger charge is 2.25. The van der Waals surface area contributed by atoms with Crippen LogP contribution in [0.1, 0.15) is 20.8 Å². The molecule has 0 saturated carbocycles. The largest absolute Gasteiger partial charge is 0.480 e. The molecule has 1 rings (SSSR count). The van der Waals surface area contributed by atoms with Crippen LogP contribution in [0, 0.1) is 11.6 Å². The van der Waals surface area contributed by atoms with Gasteiger partial charge in [0.15, 0.2) is 0 Å². The molecule has 5 nitrogen and oxygen atoms in total. The van der Waals surface area contributed by atoms with Gasteiger partial charge in [0.25, 0.3) is 0 Å². The third kappa shape index (κ3) is 5.86. The summed E-state index contributed by atoms with van der Waals surface area (Å²) < 4.78 is 26.0. The number of nitrogens with zero attached hydrogens (tertiary/aromatic N) is 1. The molecule has 116 valence electrons. The summed E-state index contributed by atoms with van der Waals surface area (Å²) in [7, 11) is 0. The maximum atomic E-state index is 13.0. The van der Waals surface area contributed by atoms with Crippen molar-refractivity contribution in [1.82, 2.24) is 4.90 Å². The van der Waals surface area contributed by atoms with E-state index in [9.17, 15) is 18.4 Å². The molecule has 2 N–H and O–H groups in total. The van der Waals surface area contributed by atoms with E-state index in [1.54, 1.807) is 20.8 Å². The van der Waals surface area contributed by atoms with E-state index in [1.165, 1.54) is 4.90 Å². The van der Waals surface area contributed by atoms with Gasteiger partial charge in [-0.1, -0.05) is 0 Å². The fourth-order valence-corrected chi connectivity index (χ4v) is 1.69. The maximum Gasteiger partial charge on any atom is 0.317 e. The van der Waals surface area contributed by atoms with Crippen LogP contribution < -0.4 is 5.32 Å². The third-order valence-electron chi connectivity index (χ3n) is 2.76. The Hall–Kier alpha value is -2.02. The van der Waals surface area contributed by atoms with Crippen molar-refractivity contribution >= 4 is 17.6 Å². The highest BCUT2D eigenvalue weighted by molar-refractivity contribution is 5.92. The quantitative estimate of drug-likeness (QED) is 0.873. The van der Waals surface area contributed by atoms with E-state index in [-0.39, 0.29) is 18.8 Å². The van der Waals surface area contributed by atoms with Crippen molar-refractivity contribution < 1.29 is 23.5 Å². The van der Waals surface area contributed by atoms with Gasteiger partial charge >= 0.3 is 5.97 Å². The molecule has 0 aliphatic heterocycles. The zero-order valence-electron chi connectivity index (χ0n) is 12.1. The number of rotatable bonds is 5. The second kappa shape index (κ2) is 6.62. The van der Waals surface area contributed by atoms with E-state index in [4.69, 9.17) is 5.11 Å². The summed E-state index contributed by atoms with van der Waals surface area (Å²) in [5.41, 5.74) is -0.551. The predicted molar refractivity (Wildman–Crippen MR) is 73.9 cm³/mol. The number of benzene rings is 1. The fraction of sp³-hybridized carbons (Fsp3) is 0.429. The van der Waals surface area contributed by atoms with E-state index in [1.807, 2.05) is 0 Å². The number of carbonyl (C=O) groups excluding carboxylic acids is 1. The number of hydrogen-bond acceptors (Lipinski definition) is 3. The van der Waals surface area contributed by atoms with Crippen molar-refractivity contribution in [3.8, 4) is 0 Å². The van der Waals surface area contributed by atoms with E-state index in [0.717, 1.165) is 12.1 Å². The molecule has 1 aromatic carbocycles. The number of hydrogen-bond donors (Lipinski definition) is 2. The minimum atomic E-state index is -1.06. The second-order valence-corrected chi connectivity index (χ2v) is 5.63. The minimum absolute atomic E-state index is 0.0123. The van der Waals surface area contributed by atoms with Crippen LogP contribution >= 0.6 is 0 Å². The van der Waals surface area contributed by atoms with Gasteiger partial charge in [0.1, 0.15) is 11.6 Å². The van der Waals surface area contributed by atoms with Crippen molar-refractivity contribution in [1.29, 1.82) is 0 Å². The lowest BCUT2D eigenvalue weighted by atomic mass is 10.1. The first-order chi connectivity index (χ1) is 9.57. The Balaban J connectivity index is 2.76. The minimum Gasteiger partial charge on any atom is -0.480 e. The Morgan fingerprint density at radius 1 is 1.14 bits per heavy atom. The molecule has 7 heteroatoms. The van der Waals surface area contributed by atoms with E-state index >= 15 is 0 Å². The molecule has 21 heavy (non-hydrogen) atoms.